The van der Waals surface area contributed by atoms with Crippen LogP contribution in [0.15, 0.2) is 82.4 Å². The van der Waals surface area contributed by atoms with E-state index in [9.17, 15) is 18.0 Å². The summed E-state index contributed by atoms with van der Waals surface area (Å²) < 4.78 is 39.5. The Morgan fingerprint density at radius 2 is 1.42 bits per heavy atom. The first-order valence-electron chi connectivity index (χ1n) is 12.0. The molecule has 0 amide bonds. The molecule has 2 saturated carbocycles. The van der Waals surface area contributed by atoms with Crippen molar-refractivity contribution in [2.75, 3.05) is 17.5 Å². The van der Waals surface area contributed by atoms with Gasteiger partial charge in [0.25, 0.3) is 10.0 Å². The molecule has 7 nitrogen and oxygen atoms in total. The average Bonchev–Trinajstić information content (AvgIpc) is 3.27. The van der Waals surface area contributed by atoms with Gasteiger partial charge in [0.1, 0.15) is 13.2 Å². The second-order valence-corrected chi connectivity index (χ2v) is 11.5. The van der Waals surface area contributed by atoms with Crippen LogP contribution in [0.5, 0.6) is 0 Å². The van der Waals surface area contributed by atoms with Gasteiger partial charge in [-0.2, -0.15) is 0 Å². The maximum Gasteiger partial charge on any atom is 0.302 e. The quantitative estimate of drug-likeness (QED) is 0.389. The van der Waals surface area contributed by atoms with Crippen molar-refractivity contribution in [2.24, 2.45) is 23.7 Å². The normalized spacial score (nSPS) is 25.0. The van der Waals surface area contributed by atoms with E-state index in [0.717, 1.165) is 28.7 Å². The maximum absolute atomic E-state index is 13.7. The standard InChI is InChI=1S/C28H29NO6S/c1-17-9-11-21(12-10-17)36(32,33)29(20-7-5-4-6-8-20)14-24-27-22-13-23(28(24)27)26(16-35-19(3)31)25(22)15-34-18(2)30/h4-12,14,22-23,27-28H,13,15-16H2,1-3H3/t22-,23+,27+,28-. The number of hydrogen-bond acceptors (Lipinski definition) is 6. The Hall–Kier alpha value is -3.39. The summed E-state index contributed by atoms with van der Waals surface area (Å²) in [4.78, 5) is 23.2. The number of carbonyl (C=O) groups is 2. The van der Waals surface area contributed by atoms with Crippen molar-refractivity contribution in [3.05, 3.63) is 83.1 Å². The molecule has 2 bridgehead atoms. The number of allylic oxidation sites excluding steroid dienone is 1. The second kappa shape index (κ2) is 9.24. The summed E-state index contributed by atoms with van der Waals surface area (Å²) in [5, 5.41) is 0. The molecule has 0 radical (unpaired) electrons. The van der Waals surface area contributed by atoms with Crippen LogP contribution in [0.1, 0.15) is 25.8 Å². The van der Waals surface area contributed by atoms with Crippen LogP contribution in [0, 0.1) is 30.6 Å². The maximum atomic E-state index is 13.7. The van der Waals surface area contributed by atoms with E-state index in [-0.39, 0.29) is 53.7 Å². The number of para-hydroxylation sites is 1. The minimum Gasteiger partial charge on any atom is -0.461 e. The van der Waals surface area contributed by atoms with Gasteiger partial charge in [0.2, 0.25) is 0 Å². The third kappa shape index (κ3) is 4.34. The topological polar surface area (TPSA) is 90.0 Å². The van der Waals surface area contributed by atoms with Crippen molar-refractivity contribution in [1.29, 1.82) is 0 Å². The highest BCUT2D eigenvalue weighted by atomic mass is 32.2. The summed E-state index contributed by atoms with van der Waals surface area (Å²) in [5.41, 5.74) is 4.63. The highest BCUT2D eigenvalue weighted by Crippen LogP contribution is 2.70. The molecule has 2 fully saturated rings. The largest absolute Gasteiger partial charge is 0.461 e. The van der Waals surface area contributed by atoms with E-state index in [4.69, 9.17) is 9.47 Å². The first kappa shape index (κ1) is 24.3. The van der Waals surface area contributed by atoms with Gasteiger partial charge in [-0.1, -0.05) is 35.9 Å². The fourth-order valence-electron chi connectivity index (χ4n) is 5.80. The molecular formula is C28H29NO6S. The molecule has 2 aromatic rings. The van der Waals surface area contributed by atoms with Crippen molar-refractivity contribution < 1.29 is 27.5 Å². The van der Waals surface area contributed by atoms with Gasteiger partial charge in [0, 0.05) is 20.0 Å². The molecule has 5 rings (SSSR count). The minimum absolute atomic E-state index is 0.149. The number of sulfonamides is 1. The molecular weight excluding hydrogens is 478 g/mol. The predicted molar refractivity (Wildman–Crippen MR) is 134 cm³/mol. The van der Waals surface area contributed by atoms with Gasteiger partial charge in [-0.15, -0.1) is 0 Å². The Labute approximate surface area is 211 Å². The molecule has 0 heterocycles. The Morgan fingerprint density at radius 3 is 1.92 bits per heavy atom. The van der Waals surface area contributed by atoms with E-state index in [1.165, 1.54) is 18.2 Å². The summed E-state index contributed by atoms with van der Waals surface area (Å²) in [6.07, 6.45) is 2.67. The van der Waals surface area contributed by atoms with Gasteiger partial charge in [0.05, 0.1) is 10.6 Å². The van der Waals surface area contributed by atoms with E-state index >= 15 is 0 Å². The first-order chi connectivity index (χ1) is 17.2. The van der Waals surface area contributed by atoms with Gasteiger partial charge < -0.3 is 9.47 Å². The number of carbonyl (C=O) groups excluding carboxylic acids is 2. The number of aryl methyl sites for hydroxylation is 1. The fourth-order valence-corrected chi connectivity index (χ4v) is 7.17. The average molecular weight is 508 g/mol. The minimum atomic E-state index is -3.84. The summed E-state index contributed by atoms with van der Waals surface area (Å²) in [6, 6.07) is 15.9. The van der Waals surface area contributed by atoms with E-state index in [2.05, 4.69) is 0 Å². The predicted octanol–water partition coefficient (Wildman–Crippen LogP) is 4.39. The zero-order valence-corrected chi connectivity index (χ0v) is 21.3. The van der Waals surface area contributed by atoms with Gasteiger partial charge in [-0.25, -0.2) is 12.7 Å². The van der Waals surface area contributed by atoms with Gasteiger partial charge >= 0.3 is 11.9 Å². The van der Waals surface area contributed by atoms with Gasteiger partial charge in [-0.3, -0.25) is 9.59 Å². The summed E-state index contributed by atoms with van der Waals surface area (Å²) in [7, 11) is -3.84. The summed E-state index contributed by atoms with van der Waals surface area (Å²) >= 11 is 0. The van der Waals surface area contributed by atoms with Crippen LogP contribution in [0.25, 0.3) is 0 Å². The first-order valence-corrected chi connectivity index (χ1v) is 13.5. The second-order valence-electron chi connectivity index (χ2n) is 9.69. The van der Waals surface area contributed by atoms with Crippen LogP contribution < -0.4 is 4.31 Å². The number of rotatable bonds is 8. The van der Waals surface area contributed by atoms with E-state index < -0.39 is 10.0 Å². The number of ether oxygens (including phenoxy) is 2. The molecule has 2 aromatic carbocycles. The van der Waals surface area contributed by atoms with Crippen molar-refractivity contribution in [3.63, 3.8) is 0 Å². The fraction of sp³-hybridized carbons (Fsp3) is 0.357. The Balaban J connectivity index is 1.49. The van der Waals surface area contributed by atoms with Crippen LogP contribution in [-0.2, 0) is 29.1 Å². The SMILES string of the molecule is CC(=O)OCC1=C(COC(C)=O)[C@@H]2C[C@H]1[C@H]1C(=CN(c3ccccc3)S(=O)(=O)c3ccc(C)cc3)[C@H]12. The molecule has 8 heteroatoms. The Kier molecular flexibility index (Phi) is 6.24. The molecule has 0 aliphatic heterocycles. The van der Waals surface area contributed by atoms with E-state index in [0.29, 0.717) is 5.69 Å². The summed E-state index contributed by atoms with van der Waals surface area (Å²) in [5.74, 6) is -0.0341. The molecule has 36 heavy (non-hydrogen) atoms. The smallest absolute Gasteiger partial charge is 0.302 e. The molecule has 4 atom stereocenters. The third-order valence-corrected chi connectivity index (χ3v) is 9.15. The van der Waals surface area contributed by atoms with Crippen molar-refractivity contribution in [1.82, 2.24) is 0 Å². The molecule has 0 saturated heterocycles. The zero-order chi connectivity index (χ0) is 25.6. The monoisotopic (exact) mass is 507 g/mol. The van der Waals surface area contributed by atoms with Gasteiger partial charge in [-0.05, 0) is 78.0 Å². The van der Waals surface area contributed by atoms with Crippen LogP contribution in [0.2, 0.25) is 0 Å². The number of esters is 2. The lowest BCUT2D eigenvalue weighted by Gasteiger charge is -2.21. The number of anilines is 1. The zero-order valence-electron chi connectivity index (χ0n) is 20.5. The van der Waals surface area contributed by atoms with Crippen LogP contribution >= 0.6 is 0 Å². The number of hydrogen-bond donors (Lipinski definition) is 0. The molecule has 0 aromatic heterocycles. The molecule has 188 valence electrons. The third-order valence-electron chi connectivity index (χ3n) is 7.45. The molecule has 0 spiro atoms. The van der Waals surface area contributed by atoms with Crippen molar-refractivity contribution in [3.8, 4) is 0 Å². The number of benzene rings is 2. The highest BCUT2D eigenvalue weighted by Gasteiger charge is 2.64. The van der Waals surface area contributed by atoms with Crippen LogP contribution in [0.3, 0.4) is 0 Å². The molecule has 0 unspecified atom stereocenters. The van der Waals surface area contributed by atoms with Crippen LogP contribution in [-0.4, -0.2) is 33.6 Å². The Morgan fingerprint density at radius 1 is 0.889 bits per heavy atom. The number of fused-ring (bicyclic) bond motifs is 5. The van der Waals surface area contributed by atoms with Crippen molar-refractivity contribution in [2.45, 2.75) is 32.1 Å². The summed E-state index contributed by atoms with van der Waals surface area (Å²) in [6.45, 7) is 5.01. The molecule has 3 aliphatic rings. The van der Waals surface area contributed by atoms with Crippen LogP contribution in [0.4, 0.5) is 5.69 Å². The Bertz CT molecular complexity index is 1320. The van der Waals surface area contributed by atoms with E-state index in [1.54, 1.807) is 42.6 Å². The molecule has 3 aliphatic carbocycles. The lowest BCUT2D eigenvalue weighted by Crippen LogP contribution is -2.26. The molecule has 0 N–H and O–H groups in total. The van der Waals surface area contributed by atoms with Gasteiger partial charge in [0.15, 0.2) is 0 Å². The van der Waals surface area contributed by atoms with E-state index in [1.807, 2.05) is 25.1 Å². The lowest BCUT2D eigenvalue weighted by molar-refractivity contribution is -0.141. The highest BCUT2D eigenvalue weighted by molar-refractivity contribution is 7.93. The van der Waals surface area contributed by atoms with Crippen molar-refractivity contribution >= 4 is 27.6 Å². The lowest BCUT2D eigenvalue weighted by atomic mass is 9.92. The number of nitrogens with zero attached hydrogens (tertiary/aromatic N) is 1.